The Morgan fingerprint density at radius 3 is 2.54 bits per heavy atom. The van der Waals surface area contributed by atoms with E-state index < -0.39 is 0 Å². The van der Waals surface area contributed by atoms with Crippen LogP contribution in [0.2, 0.25) is 15.1 Å². The second-order valence-electron chi connectivity index (χ2n) is 6.05. The van der Waals surface area contributed by atoms with E-state index >= 15 is 0 Å². The van der Waals surface area contributed by atoms with E-state index in [0.29, 0.717) is 27.4 Å². The number of nitrogens with one attached hydrogen (secondary N) is 1. The molecular formula is C21H16BrCl3N2O. The highest BCUT2D eigenvalue weighted by Crippen LogP contribution is 2.26. The maximum Gasteiger partial charge on any atom is 0.128 e. The molecule has 0 spiro atoms. The van der Waals surface area contributed by atoms with E-state index in [1.165, 1.54) is 0 Å². The van der Waals surface area contributed by atoms with Gasteiger partial charge in [0.1, 0.15) is 12.4 Å². The topological polar surface area (TPSA) is 33.6 Å². The molecule has 0 radical (unpaired) electrons. The third kappa shape index (κ3) is 5.65. The number of hydrogen-bond donors (Lipinski definition) is 1. The average molecular weight is 499 g/mol. The van der Waals surface area contributed by atoms with Crippen LogP contribution in [0.15, 0.2) is 64.2 Å². The lowest BCUT2D eigenvalue weighted by Crippen LogP contribution is -1.99. The molecule has 0 aliphatic heterocycles. The van der Waals surface area contributed by atoms with Gasteiger partial charge in [-0.2, -0.15) is 5.10 Å². The number of hydrazone groups is 1. The standard InChI is InChI=1S/C21H16BrCl3N2O/c1-13-2-5-17(10-19(13)24)27-26-11-15-9-16(22)4-7-21(15)28-12-14-3-6-18(23)20(25)8-14/h2-11,27H,12H2,1H3. The van der Waals surface area contributed by atoms with Crippen LogP contribution in [0.1, 0.15) is 16.7 Å². The highest BCUT2D eigenvalue weighted by molar-refractivity contribution is 9.10. The third-order valence-corrected chi connectivity index (χ3v) is 5.56. The summed E-state index contributed by atoms with van der Waals surface area (Å²) in [6, 6.07) is 16.8. The summed E-state index contributed by atoms with van der Waals surface area (Å²) in [7, 11) is 0. The lowest BCUT2D eigenvalue weighted by molar-refractivity contribution is 0.306. The van der Waals surface area contributed by atoms with Crippen LogP contribution in [0.25, 0.3) is 0 Å². The summed E-state index contributed by atoms with van der Waals surface area (Å²) in [6.07, 6.45) is 1.70. The first kappa shape index (κ1) is 21.0. The zero-order valence-corrected chi connectivity index (χ0v) is 18.7. The molecule has 3 nitrogen and oxygen atoms in total. The van der Waals surface area contributed by atoms with Crippen molar-refractivity contribution in [3.63, 3.8) is 0 Å². The van der Waals surface area contributed by atoms with Gasteiger partial charge in [0.2, 0.25) is 0 Å². The fourth-order valence-electron chi connectivity index (χ4n) is 2.38. The van der Waals surface area contributed by atoms with Crippen LogP contribution in [0, 0.1) is 6.92 Å². The monoisotopic (exact) mass is 496 g/mol. The molecule has 3 aromatic rings. The summed E-state index contributed by atoms with van der Waals surface area (Å²) in [5.74, 6) is 0.696. The van der Waals surface area contributed by atoms with Gasteiger partial charge >= 0.3 is 0 Å². The summed E-state index contributed by atoms with van der Waals surface area (Å²) in [5.41, 5.74) is 6.54. The van der Waals surface area contributed by atoms with Crippen molar-refractivity contribution in [1.29, 1.82) is 0 Å². The van der Waals surface area contributed by atoms with Crippen molar-refractivity contribution in [2.75, 3.05) is 5.43 Å². The second-order valence-corrected chi connectivity index (χ2v) is 8.19. The van der Waals surface area contributed by atoms with Crippen LogP contribution in [0.5, 0.6) is 5.75 Å². The number of hydrogen-bond acceptors (Lipinski definition) is 3. The van der Waals surface area contributed by atoms with Gasteiger partial charge in [0, 0.05) is 15.1 Å². The van der Waals surface area contributed by atoms with E-state index in [0.717, 1.165) is 26.9 Å². The predicted octanol–water partition coefficient (Wildman–Crippen LogP) is 7.74. The highest BCUT2D eigenvalue weighted by atomic mass is 79.9. The Labute approximate surface area is 187 Å². The number of rotatable bonds is 6. The fraction of sp³-hybridized carbons (Fsp3) is 0.0952. The predicted molar refractivity (Wildman–Crippen MR) is 122 cm³/mol. The van der Waals surface area contributed by atoms with Gasteiger partial charge in [-0.3, -0.25) is 5.43 Å². The van der Waals surface area contributed by atoms with Gasteiger partial charge in [-0.25, -0.2) is 0 Å². The normalized spacial score (nSPS) is 11.0. The molecule has 3 rings (SSSR count). The largest absolute Gasteiger partial charge is 0.488 e. The molecule has 0 saturated heterocycles. The summed E-state index contributed by atoms with van der Waals surface area (Å²) in [6.45, 7) is 2.31. The molecule has 0 aliphatic carbocycles. The van der Waals surface area contributed by atoms with Crippen LogP contribution in [0.4, 0.5) is 5.69 Å². The quantitative estimate of drug-likeness (QED) is 0.279. The Balaban J connectivity index is 1.72. The summed E-state index contributed by atoms with van der Waals surface area (Å²) >= 11 is 21.6. The Kier molecular flexibility index (Phi) is 7.24. The number of benzene rings is 3. The molecule has 3 aromatic carbocycles. The second kappa shape index (κ2) is 9.66. The van der Waals surface area contributed by atoms with Gasteiger partial charge in [-0.1, -0.05) is 62.9 Å². The molecule has 0 fully saturated rings. The zero-order valence-electron chi connectivity index (χ0n) is 14.8. The van der Waals surface area contributed by atoms with Gasteiger partial charge in [-0.05, 0) is 60.5 Å². The van der Waals surface area contributed by atoms with Crippen LogP contribution in [0.3, 0.4) is 0 Å². The molecule has 0 unspecified atom stereocenters. The number of anilines is 1. The summed E-state index contributed by atoms with van der Waals surface area (Å²) in [5, 5.41) is 6.00. The minimum Gasteiger partial charge on any atom is -0.488 e. The molecule has 0 bridgehead atoms. The lowest BCUT2D eigenvalue weighted by Gasteiger charge is -2.10. The van der Waals surface area contributed by atoms with E-state index in [1.54, 1.807) is 18.3 Å². The Morgan fingerprint density at radius 2 is 1.79 bits per heavy atom. The molecule has 0 amide bonds. The molecule has 144 valence electrons. The number of ether oxygens (including phenoxy) is 1. The smallest absolute Gasteiger partial charge is 0.128 e. The van der Waals surface area contributed by atoms with E-state index in [2.05, 4.69) is 26.5 Å². The Hall–Kier alpha value is -1.72. The Bertz CT molecular complexity index is 1020. The molecule has 0 heterocycles. The maximum absolute atomic E-state index is 6.14. The number of aryl methyl sites for hydroxylation is 1. The number of nitrogens with zero attached hydrogens (tertiary/aromatic N) is 1. The van der Waals surface area contributed by atoms with Crippen molar-refractivity contribution in [3.8, 4) is 5.75 Å². The van der Waals surface area contributed by atoms with E-state index in [4.69, 9.17) is 39.5 Å². The van der Waals surface area contributed by atoms with Crippen molar-refractivity contribution >= 4 is 62.6 Å². The zero-order chi connectivity index (χ0) is 20.1. The third-order valence-electron chi connectivity index (χ3n) is 3.92. The Morgan fingerprint density at radius 1 is 0.964 bits per heavy atom. The van der Waals surface area contributed by atoms with Crippen LogP contribution in [-0.4, -0.2) is 6.21 Å². The maximum atomic E-state index is 6.14. The van der Waals surface area contributed by atoms with Gasteiger partial charge in [0.15, 0.2) is 0 Å². The van der Waals surface area contributed by atoms with Gasteiger partial charge in [0.05, 0.1) is 21.9 Å². The molecule has 28 heavy (non-hydrogen) atoms. The van der Waals surface area contributed by atoms with Gasteiger partial charge in [0.25, 0.3) is 0 Å². The van der Waals surface area contributed by atoms with Gasteiger partial charge < -0.3 is 4.74 Å². The molecule has 1 N–H and O–H groups in total. The molecule has 7 heteroatoms. The van der Waals surface area contributed by atoms with Gasteiger partial charge in [-0.15, -0.1) is 0 Å². The lowest BCUT2D eigenvalue weighted by atomic mass is 10.2. The minimum absolute atomic E-state index is 0.361. The minimum atomic E-state index is 0.361. The first-order valence-electron chi connectivity index (χ1n) is 8.34. The molecule has 0 aliphatic rings. The fourth-order valence-corrected chi connectivity index (χ4v) is 3.26. The molecule has 0 aromatic heterocycles. The van der Waals surface area contributed by atoms with Crippen molar-refractivity contribution in [3.05, 3.63) is 90.8 Å². The van der Waals surface area contributed by atoms with Crippen molar-refractivity contribution < 1.29 is 4.74 Å². The van der Waals surface area contributed by atoms with E-state index in [-0.39, 0.29) is 0 Å². The molecule has 0 saturated carbocycles. The summed E-state index contributed by atoms with van der Waals surface area (Å²) < 4.78 is 6.87. The van der Waals surface area contributed by atoms with Crippen LogP contribution >= 0.6 is 50.7 Å². The van der Waals surface area contributed by atoms with Crippen molar-refractivity contribution in [2.45, 2.75) is 13.5 Å². The molecular weight excluding hydrogens is 483 g/mol. The van der Waals surface area contributed by atoms with Crippen LogP contribution in [-0.2, 0) is 6.61 Å². The van der Waals surface area contributed by atoms with Crippen molar-refractivity contribution in [1.82, 2.24) is 0 Å². The first-order chi connectivity index (χ1) is 13.4. The highest BCUT2D eigenvalue weighted by Gasteiger charge is 2.05. The van der Waals surface area contributed by atoms with Crippen LogP contribution < -0.4 is 10.2 Å². The average Bonchev–Trinajstić information content (AvgIpc) is 2.66. The first-order valence-corrected chi connectivity index (χ1v) is 10.3. The molecule has 0 atom stereocenters. The SMILES string of the molecule is Cc1ccc(NN=Cc2cc(Br)ccc2OCc2ccc(Cl)c(Cl)c2)cc1Cl. The van der Waals surface area contributed by atoms with E-state index in [9.17, 15) is 0 Å². The van der Waals surface area contributed by atoms with Crippen molar-refractivity contribution in [2.24, 2.45) is 5.10 Å². The summed E-state index contributed by atoms with van der Waals surface area (Å²) in [4.78, 5) is 0. The van der Waals surface area contributed by atoms with E-state index in [1.807, 2.05) is 49.4 Å². The number of halogens is 4.